The van der Waals surface area contributed by atoms with Crippen LogP contribution in [0.1, 0.15) is 33.6 Å². The first-order valence-electron chi connectivity index (χ1n) is 10.7. The molecule has 2 aromatic carbocycles. The smallest absolute Gasteiger partial charge is 0.417 e. The number of nitrogens with zero attached hydrogens (tertiary/aromatic N) is 3. The lowest BCUT2D eigenvalue weighted by molar-refractivity contribution is -0.136. The summed E-state index contributed by atoms with van der Waals surface area (Å²) in [6, 6.07) is 11.8. The maximum atomic E-state index is 13.8. The topological polar surface area (TPSA) is 89.5 Å². The van der Waals surface area contributed by atoms with Crippen LogP contribution in [-0.2, 0) is 6.18 Å². The lowest BCUT2D eigenvalue weighted by Crippen LogP contribution is -2.14. The molecule has 0 saturated heterocycles. The van der Waals surface area contributed by atoms with Crippen LogP contribution in [0.2, 0.25) is 0 Å². The first-order valence-corrected chi connectivity index (χ1v) is 10.7. The minimum Gasteiger partial charge on any atom is -0.423 e. The standard InChI is InChI=1S/C25H15F5N4O3/c1-12-2-4-13(5-3-12)18-10-19(22(26)27)34-23(33-18)16(11-31-34)24(36)32-14-6-7-15-17(25(28,29)30)9-21(35)37-20(15)8-14/h2-11,22H,1H3,(H,32,36). The Morgan fingerprint density at radius 2 is 1.78 bits per heavy atom. The molecule has 0 unspecified atom stereocenters. The lowest BCUT2D eigenvalue weighted by atomic mass is 10.1. The molecule has 5 aromatic rings. The Bertz CT molecular complexity index is 1720. The van der Waals surface area contributed by atoms with Gasteiger partial charge in [-0.25, -0.2) is 23.1 Å². The predicted octanol–water partition coefficient (Wildman–Crippen LogP) is 6.02. The molecule has 0 aliphatic heterocycles. The molecule has 0 bridgehead atoms. The number of carbonyl (C=O) groups is 1. The van der Waals surface area contributed by atoms with Gasteiger partial charge < -0.3 is 9.73 Å². The van der Waals surface area contributed by atoms with Crippen molar-refractivity contribution in [2.75, 3.05) is 5.32 Å². The van der Waals surface area contributed by atoms with Crippen LogP contribution >= 0.6 is 0 Å². The number of aromatic nitrogens is 3. The van der Waals surface area contributed by atoms with Gasteiger partial charge in [-0.05, 0) is 25.1 Å². The summed E-state index contributed by atoms with van der Waals surface area (Å²) in [5.41, 5.74) is -1.84. The number of hydrogen-bond acceptors (Lipinski definition) is 5. The molecule has 12 heteroatoms. The average molecular weight is 514 g/mol. The number of anilines is 1. The van der Waals surface area contributed by atoms with E-state index in [4.69, 9.17) is 4.42 Å². The first-order chi connectivity index (χ1) is 17.5. The normalized spacial score (nSPS) is 12.0. The number of benzene rings is 2. The Kier molecular flexibility index (Phi) is 5.73. The summed E-state index contributed by atoms with van der Waals surface area (Å²) in [6.45, 7) is 1.87. The fourth-order valence-corrected chi connectivity index (χ4v) is 3.85. The van der Waals surface area contributed by atoms with Gasteiger partial charge in [-0.1, -0.05) is 29.8 Å². The van der Waals surface area contributed by atoms with E-state index < -0.39 is 41.0 Å². The fraction of sp³-hybridized carbons (Fsp3) is 0.120. The average Bonchev–Trinajstić information content (AvgIpc) is 3.26. The molecule has 0 aliphatic rings. The summed E-state index contributed by atoms with van der Waals surface area (Å²) in [7, 11) is 0. The van der Waals surface area contributed by atoms with Crippen molar-refractivity contribution in [2.24, 2.45) is 0 Å². The van der Waals surface area contributed by atoms with E-state index in [-0.39, 0.29) is 28.0 Å². The molecule has 1 N–H and O–H groups in total. The number of rotatable bonds is 4. The van der Waals surface area contributed by atoms with Gasteiger partial charge in [-0.2, -0.15) is 18.3 Å². The van der Waals surface area contributed by atoms with Crippen LogP contribution in [0, 0.1) is 6.92 Å². The SMILES string of the molecule is Cc1ccc(-c2cc(C(F)F)n3ncc(C(=O)Nc4ccc5c(C(F)(F)F)cc(=O)oc5c4)c3n2)cc1. The summed E-state index contributed by atoms with van der Waals surface area (Å²) in [6.07, 6.45) is -6.65. The van der Waals surface area contributed by atoms with Gasteiger partial charge in [0.1, 0.15) is 16.8 Å². The van der Waals surface area contributed by atoms with Gasteiger partial charge in [-0.15, -0.1) is 0 Å². The van der Waals surface area contributed by atoms with Gasteiger partial charge in [0.05, 0.1) is 17.5 Å². The zero-order chi connectivity index (χ0) is 26.5. The highest BCUT2D eigenvalue weighted by molar-refractivity contribution is 6.08. The summed E-state index contributed by atoms with van der Waals surface area (Å²) < 4.78 is 73.2. The summed E-state index contributed by atoms with van der Waals surface area (Å²) >= 11 is 0. The molecule has 0 atom stereocenters. The zero-order valence-corrected chi connectivity index (χ0v) is 18.8. The van der Waals surface area contributed by atoms with Crippen LogP contribution in [0.5, 0.6) is 0 Å². The second kappa shape index (κ2) is 8.80. The third-order valence-electron chi connectivity index (χ3n) is 5.62. The number of amides is 1. The monoisotopic (exact) mass is 514 g/mol. The molecule has 37 heavy (non-hydrogen) atoms. The molecule has 7 nitrogen and oxygen atoms in total. The number of hydrogen-bond donors (Lipinski definition) is 1. The van der Waals surface area contributed by atoms with E-state index in [2.05, 4.69) is 15.4 Å². The van der Waals surface area contributed by atoms with Gasteiger partial charge in [0, 0.05) is 28.8 Å². The van der Waals surface area contributed by atoms with Crippen LogP contribution in [-0.4, -0.2) is 20.5 Å². The summed E-state index contributed by atoms with van der Waals surface area (Å²) in [5.74, 6) is -0.808. The number of aryl methyl sites for hydroxylation is 1. The number of carbonyl (C=O) groups excluding carboxylic acids is 1. The van der Waals surface area contributed by atoms with E-state index in [9.17, 15) is 31.5 Å². The largest absolute Gasteiger partial charge is 0.423 e. The Labute approximate surface area is 204 Å². The number of alkyl halides is 5. The van der Waals surface area contributed by atoms with Crippen molar-refractivity contribution in [1.82, 2.24) is 14.6 Å². The highest BCUT2D eigenvalue weighted by Gasteiger charge is 2.34. The van der Waals surface area contributed by atoms with Gasteiger partial charge in [0.15, 0.2) is 5.65 Å². The highest BCUT2D eigenvalue weighted by atomic mass is 19.4. The van der Waals surface area contributed by atoms with Gasteiger partial charge >= 0.3 is 11.8 Å². The summed E-state index contributed by atoms with van der Waals surface area (Å²) in [5, 5.41) is 5.97. The molecular weight excluding hydrogens is 499 g/mol. The second-order valence-electron chi connectivity index (χ2n) is 8.17. The quantitative estimate of drug-likeness (QED) is 0.234. The Balaban J connectivity index is 1.55. The molecule has 1 amide bonds. The van der Waals surface area contributed by atoms with Crippen molar-refractivity contribution in [3.8, 4) is 11.3 Å². The van der Waals surface area contributed by atoms with E-state index in [1.165, 1.54) is 12.1 Å². The predicted molar refractivity (Wildman–Crippen MR) is 124 cm³/mol. The van der Waals surface area contributed by atoms with Crippen LogP contribution in [0.15, 0.2) is 70.0 Å². The van der Waals surface area contributed by atoms with Crippen LogP contribution in [0.25, 0.3) is 27.9 Å². The van der Waals surface area contributed by atoms with Crippen LogP contribution in [0.3, 0.4) is 0 Å². The third-order valence-corrected chi connectivity index (χ3v) is 5.62. The van der Waals surface area contributed by atoms with E-state index in [0.717, 1.165) is 28.4 Å². The molecule has 0 radical (unpaired) electrons. The van der Waals surface area contributed by atoms with Crippen molar-refractivity contribution in [3.63, 3.8) is 0 Å². The Morgan fingerprint density at radius 1 is 1.05 bits per heavy atom. The minimum atomic E-state index is -4.79. The molecule has 0 aliphatic carbocycles. The van der Waals surface area contributed by atoms with E-state index >= 15 is 0 Å². The molecule has 5 rings (SSSR count). The highest BCUT2D eigenvalue weighted by Crippen LogP contribution is 2.35. The minimum absolute atomic E-state index is 0.00287. The van der Waals surface area contributed by atoms with Crippen molar-refractivity contribution in [1.29, 1.82) is 0 Å². The fourth-order valence-electron chi connectivity index (χ4n) is 3.85. The molecule has 0 spiro atoms. The zero-order valence-electron chi connectivity index (χ0n) is 18.8. The molecular formula is C25H15F5N4O3. The van der Waals surface area contributed by atoms with E-state index in [0.29, 0.717) is 11.6 Å². The molecule has 188 valence electrons. The molecule has 3 heterocycles. The van der Waals surface area contributed by atoms with E-state index in [1.54, 1.807) is 24.3 Å². The molecule has 3 aromatic heterocycles. The summed E-state index contributed by atoms with van der Waals surface area (Å²) in [4.78, 5) is 29.0. The van der Waals surface area contributed by atoms with Gasteiger partial charge in [-0.3, -0.25) is 4.79 Å². The van der Waals surface area contributed by atoms with Crippen molar-refractivity contribution < 1.29 is 31.2 Å². The Morgan fingerprint density at radius 3 is 2.46 bits per heavy atom. The number of nitrogens with one attached hydrogen (secondary N) is 1. The van der Waals surface area contributed by atoms with E-state index in [1.807, 2.05) is 6.92 Å². The number of fused-ring (bicyclic) bond motifs is 2. The first kappa shape index (κ1) is 24.1. The number of halogens is 5. The molecule has 0 saturated carbocycles. The van der Waals surface area contributed by atoms with Crippen molar-refractivity contribution >= 4 is 28.2 Å². The lowest BCUT2D eigenvalue weighted by Gasteiger charge is -2.11. The van der Waals surface area contributed by atoms with Gasteiger partial charge in [0.2, 0.25) is 0 Å². The van der Waals surface area contributed by atoms with Crippen LogP contribution < -0.4 is 10.9 Å². The van der Waals surface area contributed by atoms with Crippen LogP contribution in [0.4, 0.5) is 27.6 Å². The third kappa shape index (κ3) is 4.53. The maximum absolute atomic E-state index is 13.8. The van der Waals surface area contributed by atoms with Gasteiger partial charge in [0.25, 0.3) is 12.3 Å². The van der Waals surface area contributed by atoms with Crippen molar-refractivity contribution in [2.45, 2.75) is 19.5 Å². The molecule has 0 fully saturated rings. The van der Waals surface area contributed by atoms with Crippen molar-refractivity contribution in [3.05, 3.63) is 93.6 Å². The second-order valence-corrected chi connectivity index (χ2v) is 8.17. The maximum Gasteiger partial charge on any atom is 0.417 e. The Hall–Kier alpha value is -4.61.